The first kappa shape index (κ1) is 19.5. The van der Waals surface area contributed by atoms with Gasteiger partial charge in [-0.1, -0.05) is 42.6 Å². The number of aromatic nitrogens is 1. The number of rotatable bonds is 8. The normalized spacial score (nSPS) is 11.3. The van der Waals surface area contributed by atoms with Crippen LogP contribution in [0.2, 0.25) is 0 Å². The maximum atomic E-state index is 11.2. The molecule has 0 amide bonds. The SMILES string of the molecule is CCC(CC)COc1ccc(Br)cc1Cn1ccc2cc(C(=O)O)ccc21. The van der Waals surface area contributed by atoms with Crippen LogP contribution in [0.5, 0.6) is 5.75 Å². The fourth-order valence-electron chi connectivity index (χ4n) is 3.20. The zero-order chi connectivity index (χ0) is 19.4. The minimum Gasteiger partial charge on any atom is -0.493 e. The molecule has 5 heteroatoms. The quantitative estimate of drug-likeness (QED) is 0.479. The lowest BCUT2D eigenvalue weighted by molar-refractivity contribution is 0.0697. The number of carboxylic acids is 1. The number of nitrogens with zero attached hydrogens (tertiary/aromatic N) is 1. The van der Waals surface area contributed by atoms with Crippen molar-refractivity contribution in [1.82, 2.24) is 4.57 Å². The number of fused-ring (bicyclic) bond motifs is 1. The molecule has 0 unspecified atom stereocenters. The predicted octanol–water partition coefficient (Wildman–Crippen LogP) is 5.97. The van der Waals surface area contributed by atoms with Gasteiger partial charge in [-0.3, -0.25) is 0 Å². The Hall–Kier alpha value is -2.27. The second-order valence-electron chi connectivity index (χ2n) is 6.77. The highest BCUT2D eigenvalue weighted by atomic mass is 79.9. The molecule has 27 heavy (non-hydrogen) atoms. The molecule has 0 aliphatic heterocycles. The molecule has 0 fully saturated rings. The highest BCUT2D eigenvalue weighted by Crippen LogP contribution is 2.27. The molecule has 4 nitrogen and oxygen atoms in total. The number of benzene rings is 2. The molecular weight excluding hydrogens is 406 g/mol. The summed E-state index contributed by atoms with van der Waals surface area (Å²) < 4.78 is 9.26. The van der Waals surface area contributed by atoms with E-state index in [0.29, 0.717) is 18.0 Å². The molecule has 0 aliphatic carbocycles. The third kappa shape index (κ3) is 4.53. The molecular formula is C22H24BrNO3. The lowest BCUT2D eigenvalue weighted by Gasteiger charge is -2.17. The lowest BCUT2D eigenvalue weighted by atomic mass is 10.1. The van der Waals surface area contributed by atoms with Crippen LogP contribution in [0.1, 0.15) is 42.6 Å². The van der Waals surface area contributed by atoms with E-state index < -0.39 is 5.97 Å². The Morgan fingerprint density at radius 2 is 1.93 bits per heavy atom. The van der Waals surface area contributed by atoms with E-state index in [9.17, 15) is 4.79 Å². The third-order valence-corrected chi connectivity index (χ3v) is 5.50. The number of carbonyl (C=O) groups is 1. The third-order valence-electron chi connectivity index (χ3n) is 5.01. The molecule has 0 saturated carbocycles. The second-order valence-corrected chi connectivity index (χ2v) is 7.68. The Labute approximate surface area is 167 Å². The number of hydrogen-bond donors (Lipinski definition) is 1. The van der Waals surface area contributed by atoms with Crippen molar-refractivity contribution >= 4 is 32.8 Å². The van der Waals surface area contributed by atoms with E-state index in [1.807, 2.05) is 30.5 Å². The van der Waals surface area contributed by atoms with Crippen LogP contribution in [-0.2, 0) is 6.54 Å². The monoisotopic (exact) mass is 429 g/mol. The van der Waals surface area contributed by atoms with E-state index in [-0.39, 0.29) is 0 Å². The molecule has 3 rings (SSSR count). The summed E-state index contributed by atoms with van der Waals surface area (Å²) in [4.78, 5) is 11.2. The van der Waals surface area contributed by atoms with Crippen molar-refractivity contribution in [3.8, 4) is 5.75 Å². The molecule has 1 aromatic heterocycles. The van der Waals surface area contributed by atoms with Crippen molar-refractivity contribution in [2.75, 3.05) is 6.61 Å². The van der Waals surface area contributed by atoms with E-state index in [0.717, 1.165) is 46.1 Å². The summed E-state index contributed by atoms with van der Waals surface area (Å²) in [6, 6.07) is 13.3. The van der Waals surface area contributed by atoms with Gasteiger partial charge >= 0.3 is 5.97 Å². The van der Waals surface area contributed by atoms with Crippen molar-refractivity contribution in [3.63, 3.8) is 0 Å². The highest BCUT2D eigenvalue weighted by molar-refractivity contribution is 9.10. The average Bonchev–Trinajstić information content (AvgIpc) is 3.06. The van der Waals surface area contributed by atoms with Crippen LogP contribution in [-0.4, -0.2) is 22.2 Å². The maximum absolute atomic E-state index is 11.2. The molecule has 142 valence electrons. The second kappa shape index (κ2) is 8.61. The maximum Gasteiger partial charge on any atom is 0.335 e. The van der Waals surface area contributed by atoms with Crippen molar-refractivity contribution in [1.29, 1.82) is 0 Å². The summed E-state index contributed by atoms with van der Waals surface area (Å²) in [7, 11) is 0. The summed E-state index contributed by atoms with van der Waals surface area (Å²) in [5.41, 5.74) is 2.40. The van der Waals surface area contributed by atoms with Crippen LogP contribution in [0.15, 0.2) is 53.1 Å². The first-order chi connectivity index (χ1) is 13.0. The van der Waals surface area contributed by atoms with Gasteiger partial charge < -0.3 is 14.4 Å². The summed E-state index contributed by atoms with van der Waals surface area (Å²) in [5, 5.41) is 10.1. The van der Waals surface area contributed by atoms with Gasteiger partial charge in [-0.25, -0.2) is 4.79 Å². The summed E-state index contributed by atoms with van der Waals surface area (Å²) in [5.74, 6) is 0.547. The zero-order valence-electron chi connectivity index (χ0n) is 15.6. The van der Waals surface area contributed by atoms with Crippen LogP contribution in [0, 0.1) is 5.92 Å². The minimum atomic E-state index is -0.909. The van der Waals surface area contributed by atoms with Gasteiger partial charge in [0.25, 0.3) is 0 Å². The fraction of sp³-hybridized carbons (Fsp3) is 0.318. The Kier molecular flexibility index (Phi) is 6.22. The molecule has 2 aromatic carbocycles. The predicted molar refractivity (Wildman–Crippen MR) is 112 cm³/mol. The largest absolute Gasteiger partial charge is 0.493 e. The van der Waals surface area contributed by atoms with E-state index in [2.05, 4.69) is 40.4 Å². The molecule has 3 aromatic rings. The van der Waals surface area contributed by atoms with E-state index in [1.165, 1.54) is 0 Å². The van der Waals surface area contributed by atoms with Crippen LogP contribution in [0.3, 0.4) is 0 Å². The Morgan fingerprint density at radius 1 is 1.15 bits per heavy atom. The van der Waals surface area contributed by atoms with Gasteiger partial charge in [-0.15, -0.1) is 0 Å². The Bertz CT molecular complexity index is 944. The Balaban J connectivity index is 1.87. The fourth-order valence-corrected chi connectivity index (χ4v) is 3.61. The van der Waals surface area contributed by atoms with Gasteiger partial charge in [0.05, 0.1) is 18.7 Å². The van der Waals surface area contributed by atoms with Gasteiger partial charge in [0.2, 0.25) is 0 Å². The van der Waals surface area contributed by atoms with Crippen LogP contribution in [0.4, 0.5) is 0 Å². The lowest BCUT2D eigenvalue weighted by Crippen LogP contribution is -2.11. The van der Waals surface area contributed by atoms with Gasteiger partial charge in [0.1, 0.15) is 5.75 Å². The first-order valence-corrected chi connectivity index (χ1v) is 10.0. The summed E-state index contributed by atoms with van der Waals surface area (Å²) >= 11 is 3.55. The zero-order valence-corrected chi connectivity index (χ0v) is 17.2. The van der Waals surface area contributed by atoms with Gasteiger partial charge in [-0.2, -0.15) is 0 Å². The average molecular weight is 430 g/mol. The number of ether oxygens (including phenoxy) is 1. The number of aromatic carboxylic acids is 1. The van der Waals surface area contributed by atoms with Crippen LogP contribution < -0.4 is 4.74 Å². The Morgan fingerprint density at radius 3 is 2.63 bits per heavy atom. The molecule has 0 aliphatic rings. The van der Waals surface area contributed by atoms with Crippen LogP contribution in [0.25, 0.3) is 10.9 Å². The summed E-state index contributed by atoms with van der Waals surface area (Å²) in [6.45, 7) is 5.76. The van der Waals surface area contributed by atoms with Crippen molar-refractivity contribution < 1.29 is 14.6 Å². The number of halogens is 1. The molecule has 0 radical (unpaired) electrons. The molecule has 0 saturated heterocycles. The topological polar surface area (TPSA) is 51.5 Å². The molecule has 0 atom stereocenters. The van der Waals surface area contributed by atoms with Crippen molar-refractivity contribution in [2.45, 2.75) is 33.2 Å². The molecule has 1 N–H and O–H groups in total. The van der Waals surface area contributed by atoms with Gasteiger partial charge in [-0.05, 0) is 48.4 Å². The van der Waals surface area contributed by atoms with E-state index in [1.54, 1.807) is 12.1 Å². The first-order valence-electron chi connectivity index (χ1n) is 9.25. The standard InChI is InChI=1S/C22H24BrNO3/c1-3-15(4-2)14-27-21-8-6-19(23)12-18(21)13-24-10-9-16-11-17(22(25)26)5-7-20(16)24/h5-12,15H,3-4,13-14H2,1-2H3,(H,25,26). The van der Waals surface area contributed by atoms with Gasteiger partial charge in [0, 0.05) is 27.1 Å². The number of carboxylic acid groups (broad SMARTS) is 1. The van der Waals surface area contributed by atoms with E-state index in [4.69, 9.17) is 9.84 Å². The smallest absolute Gasteiger partial charge is 0.335 e. The minimum absolute atomic E-state index is 0.303. The van der Waals surface area contributed by atoms with E-state index >= 15 is 0 Å². The summed E-state index contributed by atoms with van der Waals surface area (Å²) in [6.07, 6.45) is 4.20. The molecule has 1 heterocycles. The molecule has 0 bridgehead atoms. The highest BCUT2D eigenvalue weighted by Gasteiger charge is 2.11. The van der Waals surface area contributed by atoms with Gasteiger partial charge in [0.15, 0.2) is 0 Å². The van der Waals surface area contributed by atoms with Crippen LogP contribution >= 0.6 is 15.9 Å². The van der Waals surface area contributed by atoms with Crippen molar-refractivity contribution in [2.24, 2.45) is 5.92 Å². The molecule has 0 spiro atoms. The number of hydrogen-bond acceptors (Lipinski definition) is 2. The van der Waals surface area contributed by atoms with Crippen molar-refractivity contribution in [3.05, 3.63) is 64.3 Å².